The van der Waals surface area contributed by atoms with Gasteiger partial charge in [0.25, 0.3) is 0 Å². The molecule has 11 heavy (non-hydrogen) atoms. The molecule has 5 nitrogen and oxygen atoms in total. The van der Waals surface area contributed by atoms with Crippen LogP contribution in [0.1, 0.15) is 6.42 Å². The van der Waals surface area contributed by atoms with Crippen molar-refractivity contribution in [2.24, 2.45) is 0 Å². The molecule has 0 saturated carbocycles. The Balaban J connectivity index is 3.82. The number of carboxylic acid groups (broad SMARTS) is 1. The minimum atomic E-state index is -1.19. The number of carboxylic acids is 1. The number of aldehydes is 1. The summed E-state index contributed by atoms with van der Waals surface area (Å²) in [6.45, 7) is -0.0634. The summed E-state index contributed by atoms with van der Waals surface area (Å²) >= 11 is 0. The van der Waals surface area contributed by atoms with E-state index < -0.39 is 18.3 Å². The quantitative estimate of drug-likeness (QED) is 0.427. The van der Waals surface area contributed by atoms with Gasteiger partial charge in [-0.15, -0.1) is 0 Å². The van der Waals surface area contributed by atoms with Gasteiger partial charge in [-0.25, -0.2) is 0 Å². The predicted octanol–water partition coefficient (Wildman–Crippen LogP) is -0.882. The number of nitrogens with zero attached hydrogens (tertiary/aromatic N) is 1. The molecule has 0 rings (SSSR count). The normalized spacial score (nSPS) is 8.82. The number of carbonyl (C=O) groups is 3. The van der Waals surface area contributed by atoms with E-state index in [2.05, 4.69) is 0 Å². The van der Waals surface area contributed by atoms with E-state index in [4.69, 9.17) is 5.11 Å². The fraction of sp³-hybridized carbons (Fsp3) is 0.500. The van der Waals surface area contributed by atoms with Crippen molar-refractivity contribution in [3.05, 3.63) is 0 Å². The van der Waals surface area contributed by atoms with E-state index in [-0.39, 0.29) is 6.54 Å². The van der Waals surface area contributed by atoms with E-state index >= 15 is 0 Å². The molecule has 0 aliphatic rings. The molecule has 0 heterocycles. The number of rotatable bonds is 4. The van der Waals surface area contributed by atoms with Crippen molar-refractivity contribution in [3.8, 4) is 0 Å². The Hall–Kier alpha value is -1.39. The summed E-state index contributed by atoms with van der Waals surface area (Å²) < 4.78 is 0. The Morgan fingerprint density at radius 3 is 2.45 bits per heavy atom. The second kappa shape index (κ2) is 4.43. The molecule has 0 aliphatic carbocycles. The lowest BCUT2D eigenvalue weighted by atomic mass is 10.4. The minimum Gasteiger partial charge on any atom is -0.481 e. The molecular formula is C6H9NO4. The molecule has 0 aromatic carbocycles. The summed E-state index contributed by atoms with van der Waals surface area (Å²) in [5.74, 6) is -1.75. The molecule has 1 amide bonds. The molecule has 5 heteroatoms. The van der Waals surface area contributed by atoms with Gasteiger partial charge >= 0.3 is 5.97 Å². The lowest BCUT2D eigenvalue weighted by molar-refractivity contribution is -0.144. The number of hydrogen-bond acceptors (Lipinski definition) is 3. The average molecular weight is 159 g/mol. The predicted molar refractivity (Wildman–Crippen MR) is 36.0 cm³/mol. The van der Waals surface area contributed by atoms with Crippen LogP contribution in [0.4, 0.5) is 0 Å². The third-order valence-electron chi connectivity index (χ3n) is 1.08. The maximum atomic E-state index is 10.7. The zero-order valence-electron chi connectivity index (χ0n) is 6.11. The van der Waals surface area contributed by atoms with Crippen LogP contribution in [0.2, 0.25) is 0 Å². The van der Waals surface area contributed by atoms with Crippen LogP contribution in [-0.4, -0.2) is 41.8 Å². The maximum absolute atomic E-state index is 10.7. The molecule has 1 N–H and O–H groups in total. The molecule has 0 saturated heterocycles. The van der Waals surface area contributed by atoms with Crippen LogP contribution in [0.25, 0.3) is 0 Å². The smallest absolute Gasteiger partial charge is 0.312 e. The van der Waals surface area contributed by atoms with Crippen molar-refractivity contribution < 1.29 is 19.5 Å². The third kappa shape index (κ3) is 4.07. The van der Waals surface area contributed by atoms with Gasteiger partial charge in [0, 0.05) is 7.05 Å². The molecule has 0 radical (unpaired) electrons. The number of hydrogen-bond donors (Lipinski definition) is 1. The number of likely N-dealkylation sites (N-methyl/N-ethyl adjacent to an activating group) is 1. The van der Waals surface area contributed by atoms with Gasteiger partial charge < -0.3 is 14.8 Å². The summed E-state index contributed by atoms with van der Waals surface area (Å²) in [7, 11) is 1.37. The van der Waals surface area contributed by atoms with Crippen molar-refractivity contribution in [1.82, 2.24) is 4.90 Å². The zero-order chi connectivity index (χ0) is 8.85. The van der Waals surface area contributed by atoms with Gasteiger partial charge in [-0.3, -0.25) is 9.59 Å². The highest BCUT2D eigenvalue weighted by Crippen LogP contribution is 1.88. The fourth-order valence-electron chi connectivity index (χ4n) is 0.478. The van der Waals surface area contributed by atoms with E-state index in [0.29, 0.717) is 6.29 Å². The first kappa shape index (κ1) is 9.61. The molecule has 0 unspecified atom stereocenters. The first-order chi connectivity index (χ1) is 5.07. The molecule has 0 fully saturated rings. The first-order valence-corrected chi connectivity index (χ1v) is 2.97. The van der Waals surface area contributed by atoms with Gasteiger partial charge in [-0.1, -0.05) is 0 Å². The first-order valence-electron chi connectivity index (χ1n) is 2.97. The highest BCUT2D eigenvalue weighted by Gasteiger charge is 2.11. The lowest BCUT2D eigenvalue weighted by Crippen LogP contribution is -2.29. The Morgan fingerprint density at radius 2 is 2.09 bits per heavy atom. The van der Waals surface area contributed by atoms with Crippen LogP contribution < -0.4 is 0 Å². The van der Waals surface area contributed by atoms with Crippen LogP contribution in [-0.2, 0) is 14.4 Å². The molecule has 0 spiro atoms. The minimum absolute atomic E-state index is 0.0634. The van der Waals surface area contributed by atoms with Crippen LogP contribution in [0.3, 0.4) is 0 Å². The largest absolute Gasteiger partial charge is 0.481 e. The zero-order valence-corrected chi connectivity index (χ0v) is 6.11. The topological polar surface area (TPSA) is 74.7 Å². The van der Waals surface area contributed by atoms with Gasteiger partial charge in [-0.2, -0.15) is 0 Å². The van der Waals surface area contributed by atoms with Crippen LogP contribution in [0.15, 0.2) is 0 Å². The molecular weight excluding hydrogens is 150 g/mol. The van der Waals surface area contributed by atoms with Gasteiger partial charge in [-0.05, 0) is 0 Å². The molecule has 0 aromatic heterocycles. The average Bonchev–Trinajstić information content (AvgIpc) is 1.86. The van der Waals surface area contributed by atoms with Crippen molar-refractivity contribution in [2.45, 2.75) is 6.42 Å². The van der Waals surface area contributed by atoms with Crippen LogP contribution in [0.5, 0.6) is 0 Å². The lowest BCUT2D eigenvalue weighted by Gasteiger charge is -2.11. The Morgan fingerprint density at radius 1 is 1.55 bits per heavy atom. The fourth-order valence-corrected chi connectivity index (χ4v) is 0.478. The van der Waals surface area contributed by atoms with E-state index in [1.54, 1.807) is 0 Å². The van der Waals surface area contributed by atoms with Crippen molar-refractivity contribution in [2.75, 3.05) is 13.6 Å². The van der Waals surface area contributed by atoms with Crippen LogP contribution >= 0.6 is 0 Å². The highest BCUT2D eigenvalue weighted by molar-refractivity contribution is 5.93. The van der Waals surface area contributed by atoms with Gasteiger partial charge in [0.05, 0.1) is 6.54 Å². The van der Waals surface area contributed by atoms with E-state index in [0.717, 1.165) is 4.90 Å². The summed E-state index contributed by atoms with van der Waals surface area (Å²) in [6.07, 6.45) is -0.0237. The van der Waals surface area contributed by atoms with Crippen molar-refractivity contribution in [1.29, 1.82) is 0 Å². The van der Waals surface area contributed by atoms with Crippen molar-refractivity contribution in [3.63, 3.8) is 0 Å². The SMILES string of the molecule is CN(CC=O)C(=O)CC(=O)O. The highest BCUT2D eigenvalue weighted by atomic mass is 16.4. The third-order valence-corrected chi connectivity index (χ3v) is 1.08. The second-order valence-corrected chi connectivity index (χ2v) is 2.01. The molecule has 0 atom stereocenters. The van der Waals surface area contributed by atoms with Crippen LogP contribution in [0, 0.1) is 0 Å². The Kier molecular flexibility index (Phi) is 3.87. The van der Waals surface area contributed by atoms with Gasteiger partial charge in [0.15, 0.2) is 0 Å². The summed E-state index contributed by atoms with van der Waals surface area (Å²) in [4.78, 5) is 31.6. The maximum Gasteiger partial charge on any atom is 0.312 e. The molecule has 62 valence electrons. The van der Waals surface area contributed by atoms with Crippen molar-refractivity contribution >= 4 is 18.2 Å². The summed E-state index contributed by atoms with van der Waals surface area (Å²) in [5, 5.41) is 8.17. The number of amides is 1. The van der Waals surface area contributed by atoms with Gasteiger partial charge in [0.1, 0.15) is 12.7 Å². The number of carbonyl (C=O) groups excluding carboxylic acids is 2. The molecule has 0 aliphatic heterocycles. The second-order valence-electron chi connectivity index (χ2n) is 2.01. The standard InChI is InChI=1S/C6H9NO4/c1-7(2-3-8)5(9)4-6(10)11/h3H,2,4H2,1H3,(H,10,11). The summed E-state index contributed by atoms with van der Waals surface area (Å²) in [5.41, 5.74) is 0. The monoisotopic (exact) mass is 159 g/mol. The molecule has 0 bridgehead atoms. The summed E-state index contributed by atoms with van der Waals surface area (Å²) in [6, 6.07) is 0. The van der Waals surface area contributed by atoms with E-state index in [1.807, 2.05) is 0 Å². The van der Waals surface area contributed by atoms with Gasteiger partial charge in [0.2, 0.25) is 5.91 Å². The Bertz CT molecular complexity index is 177. The van der Waals surface area contributed by atoms with E-state index in [9.17, 15) is 14.4 Å². The number of aliphatic carboxylic acids is 1. The van der Waals surface area contributed by atoms with E-state index in [1.165, 1.54) is 7.05 Å². The molecule has 0 aromatic rings. The Labute approximate surface area is 63.6 Å².